The molecule has 0 unspecified atom stereocenters. The van der Waals surface area contributed by atoms with Crippen LogP contribution in [0.25, 0.3) is 11.3 Å². The van der Waals surface area contributed by atoms with Crippen LogP contribution >= 0.6 is 11.3 Å². The monoisotopic (exact) mass is 324 g/mol. The minimum atomic E-state index is -0.402. The lowest BCUT2D eigenvalue weighted by Gasteiger charge is -2.15. The van der Waals surface area contributed by atoms with E-state index in [2.05, 4.69) is 10.3 Å². The Morgan fingerprint density at radius 1 is 1.26 bits per heavy atom. The van der Waals surface area contributed by atoms with E-state index in [4.69, 9.17) is 4.42 Å². The average Bonchev–Trinajstić information content (AvgIpc) is 2.99. The highest BCUT2D eigenvalue weighted by atomic mass is 32.1. The quantitative estimate of drug-likeness (QED) is 0.775. The lowest BCUT2D eigenvalue weighted by molar-refractivity contribution is -0.118. The summed E-state index contributed by atoms with van der Waals surface area (Å²) in [5.41, 5.74) is 1.67. The van der Waals surface area contributed by atoms with Crippen LogP contribution in [0.3, 0.4) is 0 Å². The number of carbonyl (C=O) groups excluding carboxylic acids is 1. The summed E-state index contributed by atoms with van der Waals surface area (Å²) in [6.07, 6.45) is 5.19. The summed E-state index contributed by atoms with van der Waals surface area (Å²) in [5, 5.41) is 3.63. The highest BCUT2D eigenvalue weighted by molar-refractivity contribution is 7.15. The van der Waals surface area contributed by atoms with Gasteiger partial charge in [-0.1, -0.05) is 24.3 Å². The molecular formula is C18H16N2O2S. The van der Waals surface area contributed by atoms with E-state index in [9.17, 15) is 4.79 Å². The van der Waals surface area contributed by atoms with Gasteiger partial charge < -0.3 is 9.73 Å². The van der Waals surface area contributed by atoms with Crippen molar-refractivity contribution in [2.75, 3.05) is 5.32 Å². The number of hydrogen-bond donors (Lipinski definition) is 1. The molecule has 116 valence electrons. The van der Waals surface area contributed by atoms with Crippen LogP contribution in [0.15, 0.2) is 53.3 Å². The normalized spacial score (nSPS) is 15.3. The van der Waals surface area contributed by atoms with Gasteiger partial charge in [0, 0.05) is 16.6 Å². The Kier molecular flexibility index (Phi) is 3.31. The Hall–Kier alpha value is -2.40. The summed E-state index contributed by atoms with van der Waals surface area (Å²) in [4.78, 5) is 18.0. The van der Waals surface area contributed by atoms with Gasteiger partial charge >= 0.3 is 0 Å². The van der Waals surface area contributed by atoms with Crippen molar-refractivity contribution in [2.45, 2.75) is 25.2 Å². The number of benzene rings is 1. The van der Waals surface area contributed by atoms with E-state index in [1.165, 1.54) is 11.3 Å². The molecule has 4 rings (SSSR count). The number of carbonyl (C=O) groups is 1. The fourth-order valence-corrected chi connectivity index (χ4v) is 3.46. The van der Waals surface area contributed by atoms with Gasteiger partial charge in [0.05, 0.1) is 11.7 Å². The van der Waals surface area contributed by atoms with Crippen LogP contribution in [-0.4, -0.2) is 10.9 Å². The van der Waals surface area contributed by atoms with Crippen LogP contribution in [0.2, 0.25) is 0 Å². The molecule has 1 saturated carbocycles. The van der Waals surface area contributed by atoms with Crippen LogP contribution in [0.4, 0.5) is 5.13 Å². The Balaban J connectivity index is 1.55. The maximum Gasteiger partial charge on any atom is 0.236 e. The molecule has 4 nitrogen and oxygen atoms in total. The lowest BCUT2D eigenvalue weighted by Crippen LogP contribution is -2.27. The topological polar surface area (TPSA) is 55.1 Å². The average molecular weight is 324 g/mol. The van der Waals surface area contributed by atoms with Crippen LogP contribution in [0, 0.1) is 6.92 Å². The van der Waals surface area contributed by atoms with Gasteiger partial charge in [-0.25, -0.2) is 4.98 Å². The third kappa shape index (κ3) is 2.57. The summed E-state index contributed by atoms with van der Waals surface area (Å²) in [6, 6.07) is 11.9. The van der Waals surface area contributed by atoms with E-state index in [0.29, 0.717) is 5.13 Å². The number of aromatic nitrogens is 1. The molecule has 23 heavy (non-hydrogen) atoms. The van der Waals surface area contributed by atoms with Crippen LogP contribution < -0.4 is 5.32 Å². The molecule has 1 amide bonds. The number of nitrogens with zero attached hydrogens (tertiary/aromatic N) is 1. The molecule has 2 aromatic heterocycles. The molecule has 1 N–H and O–H groups in total. The summed E-state index contributed by atoms with van der Waals surface area (Å²) in [7, 11) is 0. The van der Waals surface area contributed by atoms with Gasteiger partial charge in [0.25, 0.3) is 0 Å². The fraction of sp³-hybridized carbons (Fsp3) is 0.222. The van der Waals surface area contributed by atoms with Crippen molar-refractivity contribution in [3.05, 3.63) is 59.3 Å². The van der Waals surface area contributed by atoms with E-state index < -0.39 is 5.41 Å². The van der Waals surface area contributed by atoms with Gasteiger partial charge in [-0.2, -0.15) is 0 Å². The van der Waals surface area contributed by atoms with Gasteiger partial charge in [0.1, 0.15) is 5.76 Å². The van der Waals surface area contributed by atoms with Crippen molar-refractivity contribution < 1.29 is 9.21 Å². The Bertz CT molecular complexity index is 830. The molecule has 1 fully saturated rings. The van der Waals surface area contributed by atoms with E-state index in [0.717, 1.165) is 34.6 Å². The molecule has 0 saturated heterocycles. The SMILES string of the molecule is Cc1cnc(NC(=O)C2(c3ccc(-c4ccco4)cc3)CC2)s1. The molecule has 1 aliphatic carbocycles. The zero-order chi connectivity index (χ0) is 15.9. The minimum Gasteiger partial charge on any atom is -0.464 e. The molecule has 5 heteroatoms. The zero-order valence-corrected chi connectivity index (χ0v) is 13.5. The van der Waals surface area contributed by atoms with Gasteiger partial charge in [0.2, 0.25) is 5.91 Å². The zero-order valence-electron chi connectivity index (χ0n) is 12.7. The second kappa shape index (κ2) is 5.35. The summed E-state index contributed by atoms with van der Waals surface area (Å²) >= 11 is 1.50. The maximum absolute atomic E-state index is 12.7. The molecule has 0 radical (unpaired) electrons. The largest absolute Gasteiger partial charge is 0.464 e. The highest BCUT2D eigenvalue weighted by Crippen LogP contribution is 2.49. The summed E-state index contributed by atoms with van der Waals surface area (Å²) < 4.78 is 5.40. The number of anilines is 1. The van der Waals surface area contributed by atoms with Crippen molar-refractivity contribution in [1.82, 2.24) is 4.98 Å². The number of furan rings is 1. The molecule has 2 heterocycles. The third-order valence-corrected chi connectivity index (χ3v) is 5.10. The minimum absolute atomic E-state index is 0.0394. The number of amides is 1. The number of nitrogens with one attached hydrogen (secondary N) is 1. The Morgan fingerprint density at radius 3 is 2.61 bits per heavy atom. The molecule has 0 aliphatic heterocycles. The predicted molar refractivity (Wildman–Crippen MR) is 90.5 cm³/mol. The maximum atomic E-state index is 12.7. The second-order valence-electron chi connectivity index (χ2n) is 5.87. The second-order valence-corrected chi connectivity index (χ2v) is 7.10. The van der Waals surface area contributed by atoms with Crippen molar-refractivity contribution in [3.8, 4) is 11.3 Å². The van der Waals surface area contributed by atoms with E-state index in [1.807, 2.05) is 43.3 Å². The standard InChI is InChI=1S/C18H16N2O2S/c1-12-11-19-17(23-12)20-16(21)18(8-9-18)14-6-4-13(5-7-14)15-3-2-10-22-15/h2-7,10-11H,8-9H2,1H3,(H,19,20,21). The van der Waals surface area contributed by atoms with Gasteiger partial charge in [-0.05, 0) is 37.5 Å². The van der Waals surface area contributed by atoms with Crippen molar-refractivity contribution >= 4 is 22.4 Å². The first-order chi connectivity index (χ1) is 11.2. The van der Waals surface area contributed by atoms with E-state index in [1.54, 1.807) is 12.5 Å². The molecule has 0 spiro atoms. The number of hydrogen-bond acceptors (Lipinski definition) is 4. The number of thiazole rings is 1. The first kappa shape index (κ1) is 14.2. The third-order valence-electron chi connectivity index (χ3n) is 4.27. The van der Waals surface area contributed by atoms with Crippen LogP contribution in [0.1, 0.15) is 23.3 Å². The number of rotatable bonds is 4. The van der Waals surface area contributed by atoms with Gasteiger partial charge in [0.15, 0.2) is 5.13 Å². The number of aryl methyl sites for hydroxylation is 1. The molecular weight excluding hydrogens is 308 g/mol. The highest BCUT2D eigenvalue weighted by Gasteiger charge is 2.51. The van der Waals surface area contributed by atoms with E-state index in [-0.39, 0.29) is 5.91 Å². The van der Waals surface area contributed by atoms with Crippen LogP contribution in [0.5, 0.6) is 0 Å². The van der Waals surface area contributed by atoms with Crippen molar-refractivity contribution in [2.24, 2.45) is 0 Å². The van der Waals surface area contributed by atoms with Gasteiger partial charge in [-0.3, -0.25) is 4.79 Å². The Morgan fingerprint density at radius 2 is 2.04 bits per heavy atom. The lowest BCUT2D eigenvalue weighted by atomic mass is 9.94. The van der Waals surface area contributed by atoms with Gasteiger partial charge in [-0.15, -0.1) is 11.3 Å². The molecule has 3 aromatic rings. The first-order valence-electron chi connectivity index (χ1n) is 7.56. The fourth-order valence-electron chi connectivity index (χ4n) is 2.80. The summed E-state index contributed by atoms with van der Waals surface area (Å²) in [5.74, 6) is 0.877. The summed E-state index contributed by atoms with van der Waals surface area (Å²) in [6.45, 7) is 1.98. The molecule has 0 bridgehead atoms. The van der Waals surface area contributed by atoms with Crippen molar-refractivity contribution in [1.29, 1.82) is 0 Å². The molecule has 1 aromatic carbocycles. The molecule has 0 atom stereocenters. The molecule has 1 aliphatic rings. The van der Waals surface area contributed by atoms with Crippen LogP contribution in [-0.2, 0) is 10.2 Å². The van der Waals surface area contributed by atoms with Crippen molar-refractivity contribution in [3.63, 3.8) is 0 Å². The van der Waals surface area contributed by atoms with E-state index >= 15 is 0 Å². The smallest absolute Gasteiger partial charge is 0.236 e. The Labute approximate surface area is 138 Å². The first-order valence-corrected chi connectivity index (χ1v) is 8.37. The predicted octanol–water partition coefficient (Wildman–Crippen LogP) is 4.38.